The fourth-order valence-electron chi connectivity index (χ4n) is 8.61. The third-order valence-corrected chi connectivity index (χ3v) is 11.8. The van der Waals surface area contributed by atoms with E-state index in [4.69, 9.17) is 9.29 Å². The number of ketones is 3. The van der Waals surface area contributed by atoms with Crippen LogP contribution in [0.2, 0.25) is 0 Å². The molecule has 220 valence electrons. The van der Waals surface area contributed by atoms with Gasteiger partial charge in [0.15, 0.2) is 6.17 Å². The van der Waals surface area contributed by atoms with E-state index in [-0.39, 0.29) is 64.7 Å². The van der Waals surface area contributed by atoms with E-state index in [2.05, 4.69) is 6.92 Å². The Morgan fingerprint density at radius 2 is 1.77 bits per heavy atom. The first-order valence-electron chi connectivity index (χ1n) is 14.1. The lowest BCUT2D eigenvalue weighted by Crippen LogP contribution is -2.60. The number of Topliss-reactive ketones (excluding diaryl/α,β-unsaturated/α-hetero) is 3. The van der Waals surface area contributed by atoms with Crippen molar-refractivity contribution >= 4 is 33.4 Å². The zero-order valence-corrected chi connectivity index (χ0v) is 23.7. The number of ether oxygens (including phenoxy) is 1. The van der Waals surface area contributed by atoms with Crippen molar-refractivity contribution in [1.29, 1.82) is 0 Å². The molecule has 4 aliphatic rings. The summed E-state index contributed by atoms with van der Waals surface area (Å²) in [7, 11) is -5.17. The van der Waals surface area contributed by atoms with Gasteiger partial charge in [0.2, 0.25) is 0 Å². The number of carbonyl (C=O) groups is 4. The van der Waals surface area contributed by atoms with Crippen molar-refractivity contribution in [2.45, 2.75) is 96.7 Å². The minimum absolute atomic E-state index is 0.000325. The largest absolute Gasteiger partial charge is 0.466 e. The fraction of sp³-hybridized carbons (Fsp3) is 0.857. The molecular formula is C28H40F2O8S. The van der Waals surface area contributed by atoms with Gasteiger partial charge in [-0.25, -0.2) is 8.78 Å². The number of alkyl halides is 2. The fourth-order valence-corrected chi connectivity index (χ4v) is 9.12. The molecule has 0 radical (unpaired) electrons. The first kappa shape index (κ1) is 30.2. The molecule has 39 heavy (non-hydrogen) atoms. The van der Waals surface area contributed by atoms with Gasteiger partial charge in [-0.15, -0.1) is 0 Å². The molecule has 3 unspecified atom stereocenters. The number of halogens is 2. The first-order valence-corrected chi connectivity index (χ1v) is 15.6. The standard InChI is InChI=1S/C28H40F2O8S/c1-15(4-7-24(34)38-11-9-21(29)26(30)39(35,36)37)18-5-6-19-25-20(14-23(33)28(18,19)3)27(2)10-8-17(31)12-16(27)13-22(25)32/h15-16,18-21,25-26H,4-14H2,1-3H3,(H,35,36,37)/t15-,16?,18-,19+,20+,21?,25+,26?,27+,28-/m1/s1. The lowest BCUT2D eigenvalue weighted by molar-refractivity contribution is -0.166. The van der Waals surface area contributed by atoms with E-state index < -0.39 is 46.2 Å². The van der Waals surface area contributed by atoms with Crippen molar-refractivity contribution in [2.24, 2.45) is 46.3 Å². The van der Waals surface area contributed by atoms with Crippen molar-refractivity contribution in [3.05, 3.63) is 0 Å². The molecule has 11 heteroatoms. The molecule has 0 heterocycles. The minimum Gasteiger partial charge on any atom is -0.466 e. The molecule has 10 atom stereocenters. The van der Waals surface area contributed by atoms with Crippen molar-refractivity contribution in [2.75, 3.05) is 6.61 Å². The van der Waals surface area contributed by atoms with Crippen LogP contribution in [-0.4, -0.2) is 54.6 Å². The van der Waals surface area contributed by atoms with Gasteiger partial charge in [0.05, 0.1) is 6.61 Å². The molecule has 0 aromatic heterocycles. The monoisotopic (exact) mass is 574 g/mol. The van der Waals surface area contributed by atoms with E-state index in [0.717, 1.165) is 19.3 Å². The second-order valence-corrected chi connectivity index (χ2v) is 14.3. The second-order valence-electron chi connectivity index (χ2n) is 12.9. The van der Waals surface area contributed by atoms with Crippen molar-refractivity contribution in [1.82, 2.24) is 0 Å². The average molecular weight is 575 g/mol. The third-order valence-electron chi connectivity index (χ3n) is 10.9. The van der Waals surface area contributed by atoms with Crippen LogP contribution in [0.15, 0.2) is 0 Å². The van der Waals surface area contributed by atoms with E-state index in [9.17, 15) is 36.4 Å². The Hall–Kier alpha value is -1.75. The van der Waals surface area contributed by atoms with Gasteiger partial charge in [0.25, 0.3) is 5.50 Å². The Bertz CT molecular complexity index is 1120. The van der Waals surface area contributed by atoms with Crippen LogP contribution >= 0.6 is 0 Å². The maximum absolute atomic E-state index is 13.8. The maximum Gasteiger partial charge on any atom is 0.305 e. The Labute approximate surface area is 228 Å². The summed E-state index contributed by atoms with van der Waals surface area (Å²) >= 11 is 0. The molecule has 0 amide bonds. The van der Waals surface area contributed by atoms with E-state index in [1.54, 1.807) is 0 Å². The normalized spacial score (nSPS) is 38.8. The highest BCUT2D eigenvalue weighted by Crippen LogP contribution is 2.66. The van der Waals surface area contributed by atoms with Crippen molar-refractivity contribution in [3.63, 3.8) is 0 Å². The van der Waals surface area contributed by atoms with Crippen LogP contribution in [-0.2, 0) is 34.0 Å². The lowest BCUT2D eigenvalue weighted by Gasteiger charge is -2.58. The number of hydrogen-bond acceptors (Lipinski definition) is 7. The highest BCUT2D eigenvalue weighted by molar-refractivity contribution is 7.86. The van der Waals surface area contributed by atoms with Gasteiger partial charge in [-0.3, -0.25) is 23.7 Å². The first-order chi connectivity index (χ1) is 18.1. The van der Waals surface area contributed by atoms with Crippen LogP contribution in [0.3, 0.4) is 0 Å². The summed E-state index contributed by atoms with van der Waals surface area (Å²) in [6.45, 7) is 5.61. The molecule has 0 saturated heterocycles. The van der Waals surface area contributed by atoms with Gasteiger partial charge < -0.3 is 4.74 Å². The average Bonchev–Trinajstić information content (AvgIpc) is 3.21. The molecule has 0 aliphatic heterocycles. The summed E-state index contributed by atoms with van der Waals surface area (Å²) in [6.07, 6.45) is 1.16. The molecular weight excluding hydrogens is 534 g/mol. The van der Waals surface area contributed by atoms with Crippen LogP contribution in [0.25, 0.3) is 0 Å². The van der Waals surface area contributed by atoms with Crippen LogP contribution in [0, 0.1) is 46.3 Å². The summed E-state index contributed by atoms with van der Waals surface area (Å²) in [5.41, 5.74) is -3.94. The summed E-state index contributed by atoms with van der Waals surface area (Å²) in [4.78, 5) is 51.7. The lowest BCUT2D eigenvalue weighted by atomic mass is 9.44. The molecule has 0 aromatic carbocycles. The van der Waals surface area contributed by atoms with Gasteiger partial charge in [0, 0.05) is 49.9 Å². The maximum atomic E-state index is 13.8. The zero-order chi connectivity index (χ0) is 28.9. The van der Waals surface area contributed by atoms with Gasteiger partial charge in [-0.05, 0) is 60.7 Å². The van der Waals surface area contributed by atoms with Crippen LogP contribution in [0.1, 0.15) is 85.0 Å². The second kappa shape index (κ2) is 10.9. The van der Waals surface area contributed by atoms with Crippen molar-refractivity contribution < 1.29 is 45.7 Å². The number of fused-ring (bicyclic) bond motifs is 5. The Kier molecular flexibility index (Phi) is 8.45. The number of esters is 1. The topological polar surface area (TPSA) is 132 Å². The summed E-state index contributed by atoms with van der Waals surface area (Å²) < 4.78 is 61.8. The molecule has 0 spiro atoms. The van der Waals surface area contributed by atoms with E-state index in [1.165, 1.54) is 0 Å². The number of hydrogen-bond donors (Lipinski definition) is 1. The molecule has 4 fully saturated rings. The molecule has 4 aliphatic carbocycles. The summed E-state index contributed by atoms with van der Waals surface area (Å²) in [5.74, 6) is -0.349. The highest BCUT2D eigenvalue weighted by Gasteiger charge is 2.66. The smallest absolute Gasteiger partial charge is 0.305 e. The number of carbonyl (C=O) groups excluding carboxylic acids is 4. The Balaban J connectivity index is 1.36. The number of rotatable bonds is 9. The van der Waals surface area contributed by atoms with Crippen LogP contribution < -0.4 is 0 Å². The Morgan fingerprint density at radius 1 is 1.08 bits per heavy atom. The molecule has 4 rings (SSSR count). The quantitative estimate of drug-likeness (QED) is 0.316. The summed E-state index contributed by atoms with van der Waals surface area (Å²) in [5, 5.41) is 0. The van der Waals surface area contributed by atoms with E-state index in [0.29, 0.717) is 32.1 Å². The third kappa shape index (κ3) is 5.46. The van der Waals surface area contributed by atoms with E-state index >= 15 is 0 Å². The predicted molar refractivity (Wildman–Crippen MR) is 136 cm³/mol. The van der Waals surface area contributed by atoms with E-state index in [1.807, 2.05) is 13.8 Å². The highest BCUT2D eigenvalue weighted by atomic mass is 32.2. The van der Waals surface area contributed by atoms with Gasteiger partial charge in [0.1, 0.15) is 17.3 Å². The van der Waals surface area contributed by atoms with Gasteiger partial charge in [-0.2, -0.15) is 8.42 Å². The molecule has 0 aromatic rings. The SMILES string of the molecule is C[C@H](CCC(=O)OCCC(F)C(F)S(=O)(=O)O)[C@H]1CC[C@H]2[C@@H]3C(=O)CC4CC(=O)CC[C@]4(C)[C@H]3CC(=O)[C@]12C. The summed E-state index contributed by atoms with van der Waals surface area (Å²) in [6, 6.07) is 0. The minimum atomic E-state index is -5.17. The van der Waals surface area contributed by atoms with Gasteiger partial charge in [-0.1, -0.05) is 20.8 Å². The predicted octanol–water partition coefficient (Wildman–Crippen LogP) is 4.44. The molecule has 4 saturated carbocycles. The van der Waals surface area contributed by atoms with Crippen molar-refractivity contribution in [3.8, 4) is 0 Å². The Morgan fingerprint density at radius 3 is 2.44 bits per heavy atom. The van der Waals surface area contributed by atoms with Crippen LogP contribution in [0.5, 0.6) is 0 Å². The van der Waals surface area contributed by atoms with Gasteiger partial charge >= 0.3 is 16.1 Å². The van der Waals surface area contributed by atoms with Crippen LogP contribution in [0.4, 0.5) is 8.78 Å². The molecule has 0 bridgehead atoms. The molecule has 8 nitrogen and oxygen atoms in total. The zero-order valence-electron chi connectivity index (χ0n) is 22.9. The molecule has 1 N–H and O–H groups in total.